The number of Topliss-reactive ketones (excluding diaryl/α,β-unsaturated/α-hetero) is 1. The van der Waals surface area contributed by atoms with Crippen molar-refractivity contribution in [2.24, 2.45) is 0 Å². The Morgan fingerprint density at radius 2 is 1.95 bits per heavy atom. The summed E-state index contributed by atoms with van der Waals surface area (Å²) in [5, 5.41) is 9.27. The van der Waals surface area contributed by atoms with Crippen LogP contribution in [0.4, 0.5) is 0 Å². The highest BCUT2D eigenvalue weighted by Crippen LogP contribution is 2.12. The van der Waals surface area contributed by atoms with Crippen LogP contribution in [-0.4, -0.2) is 47.5 Å². The average molecular weight is 316 g/mol. The SMILES string of the molecule is CC[C@H](SC)C(=O)N[C@@H](CCC(=O)C=N)C(=O)OC(C)C. The molecule has 6 nitrogen and oxygen atoms in total. The number of carbonyl (C=O) groups excluding carboxylic acids is 3. The van der Waals surface area contributed by atoms with Gasteiger partial charge in [0, 0.05) is 6.42 Å². The van der Waals surface area contributed by atoms with Gasteiger partial charge in [0.2, 0.25) is 5.91 Å². The van der Waals surface area contributed by atoms with Crippen molar-refractivity contribution in [3.05, 3.63) is 0 Å². The van der Waals surface area contributed by atoms with Gasteiger partial charge in [0.1, 0.15) is 6.04 Å². The number of carbonyl (C=O) groups is 3. The lowest BCUT2D eigenvalue weighted by Crippen LogP contribution is -2.46. The molecule has 120 valence electrons. The number of thioether (sulfide) groups is 1. The van der Waals surface area contributed by atoms with E-state index in [1.54, 1.807) is 13.8 Å². The molecule has 0 aromatic rings. The second-order valence-electron chi connectivity index (χ2n) is 4.83. The van der Waals surface area contributed by atoms with Gasteiger partial charge in [0.25, 0.3) is 0 Å². The van der Waals surface area contributed by atoms with E-state index in [2.05, 4.69) is 5.32 Å². The number of esters is 1. The number of amides is 1. The van der Waals surface area contributed by atoms with E-state index in [1.807, 2.05) is 13.2 Å². The summed E-state index contributed by atoms with van der Waals surface area (Å²) in [7, 11) is 0. The predicted molar refractivity (Wildman–Crippen MR) is 83.8 cm³/mol. The Morgan fingerprint density at radius 1 is 1.33 bits per heavy atom. The Bertz CT molecular complexity index is 381. The molecule has 0 saturated heterocycles. The maximum absolute atomic E-state index is 12.1. The van der Waals surface area contributed by atoms with Crippen LogP contribution in [0.15, 0.2) is 0 Å². The number of ketones is 1. The van der Waals surface area contributed by atoms with Crippen molar-refractivity contribution in [3.63, 3.8) is 0 Å². The molecule has 0 aliphatic carbocycles. The van der Waals surface area contributed by atoms with Crippen molar-refractivity contribution in [1.29, 1.82) is 5.41 Å². The fourth-order valence-corrected chi connectivity index (χ4v) is 2.26. The molecule has 0 aliphatic heterocycles. The second-order valence-corrected chi connectivity index (χ2v) is 5.87. The van der Waals surface area contributed by atoms with Gasteiger partial charge in [-0.1, -0.05) is 6.92 Å². The van der Waals surface area contributed by atoms with Crippen molar-refractivity contribution >= 4 is 35.6 Å². The van der Waals surface area contributed by atoms with Gasteiger partial charge in [-0.25, -0.2) is 4.79 Å². The Morgan fingerprint density at radius 3 is 2.38 bits per heavy atom. The summed E-state index contributed by atoms with van der Waals surface area (Å²) < 4.78 is 5.10. The monoisotopic (exact) mass is 316 g/mol. The molecule has 1 amide bonds. The van der Waals surface area contributed by atoms with Crippen LogP contribution >= 0.6 is 11.8 Å². The minimum atomic E-state index is -0.856. The van der Waals surface area contributed by atoms with Crippen LogP contribution in [-0.2, 0) is 19.1 Å². The number of nitrogens with one attached hydrogen (secondary N) is 2. The molecule has 7 heteroatoms. The minimum Gasteiger partial charge on any atom is -0.461 e. The van der Waals surface area contributed by atoms with E-state index in [-0.39, 0.29) is 35.9 Å². The first-order valence-corrected chi connectivity index (χ1v) is 8.21. The molecule has 0 bridgehead atoms. The maximum atomic E-state index is 12.1. The Labute approximate surface area is 129 Å². The molecule has 0 aromatic heterocycles. The standard InChI is InChI=1S/C14H24N2O4S/c1-5-12(21-4)13(18)16-11(7-6-10(17)8-15)14(19)20-9(2)3/h8-9,11-12,15H,5-7H2,1-4H3,(H,16,18)/t11-,12-/m0/s1. The van der Waals surface area contributed by atoms with E-state index < -0.39 is 12.0 Å². The third-order valence-electron chi connectivity index (χ3n) is 2.74. The van der Waals surface area contributed by atoms with Crippen molar-refractivity contribution in [2.75, 3.05) is 6.26 Å². The van der Waals surface area contributed by atoms with Gasteiger partial charge in [-0.2, -0.15) is 11.8 Å². The van der Waals surface area contributed by atoms with Crippen LogP contribution in [0.2, 0.25) is 0 Å². The van der Waals surface area contributed by atoms with E-state index in [0.717, 1.165) is 0 Å². The quantitative estimate of drug-likeness (QED) is 0.471. The van der Waals surface area contributed by atoms with Gasteiger partial charge in [0.15, 0.2) is 5.78 Å². The van der Waals surface area contributed by atoms with Crippen molar-refractivity contribution in [2.45, 2.75) is 57.4 Å². The first kappa shape index (κ1) is 19.6. The zero-order valence-electron chi connectivity index (χ0n) is 13.0. The van der Waals surface area contributed by atoms with Crippen molar-refractivity contribution < 1.29 is 19.1 Å². The lowest BCUT2D eigenvalue weighted by molar-refractivity contribution is -0.151. The number of rotatable bonds is 10. The van der Waals surface area contributed by atoms with Gasteiger partial charge in [0.05, 0.1) is 17.6 Å². The van der Waals surface area contributed by atoms with Crippen LogP contribution < -0.4 is 5.32 Å². The lowest BCUT2D eigenvalue weighted by Gasteiger charge is -2.21. The van der Waals surface area contributed by atoms with E-state index >= 15 is 0 Å². The second kappa shape index (κ2) is 10.4. The lowest BCUT2D eigenvalue weighted by atomic mass is 10.1. The van der Waals surface area contributed by atoms with Crippen LogP contribution in [0.5, 0.6) is 0 Å². The molecule has 2 atom stereocenters. The summed E-state index contributed by atoms with van der Waals surface area (Å²) in [4.78, 5) is 35.2. The summed E-state index contributed by atoms with van der Waals surface area (Å²) in [5.74, 6) is -1.17. The molecule has 0 fully saturated rings. The molecule has 0 aromatic carbocycles. The molecule has 2 N–H and O–H groups in total. The van der Waals surface area contributed by atoms with E-state index in [9.17, 15) is 14.4 Å². The molecule has 21 heavy (non-hydrogen) atoms. The normalized spacial score (nSPS) is 13.4. The first-order chi connectivity index (χ1) is 9.85. The summed E-state index contributed by atoms with van der Waals surface area (Å²) in [6.45, 7) is 5.33. The Hall–Kier alpha value is -1.37. The maximum Gasteiger partial charge on any atom is 0.328 e. The summed E-state index contributed by atoms with van der Waals surface area (Å²) in [6.07, 6.45) is 3.06. The van der Waals surface area contributed by atoms with Crippen LogP contribution in [0, 0.1) is 5.41 Å². The van der Waals surface area contributed by atoms with Crippen molar-refractivity contribution in [3.8, 4) is 0 Å². The average Bonchev–Trinajstić information content (AvgIpc) is 2.43. The van der Waals surface area contributed by atoms with Gasteiger partial charge in [-0.05, 0) is 32.9 Å². The predicted octanol–water partition coefficient (Wildman–Crippen LogP) is 1.56. The van der Waals surface area contributed by atoms with Crippen LogP contribution in [0.3, 0.4) is 0 Å². The molecular weight excluding hydrogens is 292 g/mol. The highest BCUT2D eigenvalue weighted by Gasteiger charge is 2.26. The largest absolute Gasteiger partial charge is 0.461 e. The first-order valence-electron chi connectivity index (χ1n) is 6.92. The zero-order chi connectivity index (χ0) is 16.4. The molecule has 0 rings (SSSR count). The van der Waals surface area contributed by atoms with Crippen LogP contribution in [0.25, 0.3) is 0 Å². The molecule has 0 spiro atoms. The molecular formula is C14H24N2O4S. The molecule has 0 unspecified atom stereocenters. The summed E-state index contributed by atoms with van der Waals surface area (Å²) >= 11 is 1.41. The van der Waals surface area contributed by atoms with E-state index in [1.165, 1.54) is 11.8 Å². The fourth-order valence-electron chi connectivity index (χ4n) is 1.65. The van der Waals surface area contributed by atoms with Gasteiger partial charge >= 0.3 is 5.97 Å². The third-order valence-corrected chi connectivity index (χ3v) is 3.86. The molecule has 0 saturated carbocycles. The smallest absolute Gasteiger partial charge is 0.328 e. The van der Waals surface area contributed by atoms with Gasteiger partial charge in [-0.3, -0.25) is 9.59 Å². The van der Waals surface area contributed by atoms with E-state index in [0.29, 0.717) is 12.6 Å². The third kappa shape index (κ3) is 7.84. The summed E-state index contributed by atoms with van der Waals surface area (Å²) in [6, 6.07) is -0.856. The molecule has 0 aliphatic rings. The number of ether oxygens (including phenoxy) is 1. The highest BCUT2D eigenvalue weighted by molar-refractivity contribution is 7.99. The topological polar surface area (TPSA) is 96.3 Å². The van der Waals surface area contributed by atoms with E-state index in [4.69, 9.17) is 10.1 Å². The highest BCUT2D eigenvalue weighted by atomic mass is 32.2. The Kier molecular flexibility index (Phi) is 9.69. The van der Waals surface area contributed by atoms with Gasteiger partial charge < -0.3 is 15.5 Å². The summed E-state index contributed by atoms with van der Waals surface area (Å²) in [5.41, 5.74) is 0. The fraction of sp³-hybridized carbons (Fsp3) is 0.714. The number of hydrogen-bond acceptors (Lipinski definition) is 6. The number of hydrogen-bond donors (Lipinski definition) is 2. The Balaban J connectivity index is 4.78. The zero-order valence-corrected chi connectivity index (χ0v) is 13.8. The van der Waals surface area contributed by atoms with Gasteiger partial charge in [-0.15, -0.1) is 0 Å². The molecule has 0 heterocycles. The van der Waals surface area contributed by atoms with Crippen molar-refractivity contribution in [1.82, 2.24) is 5.32 Å². The van der Waals surface area contributed by atoms with Crippen LogP contribution in [0.1, 0.15) is 40.0 Å². The molecule has 0 radical (unpaired) electrons. The minimum absolute atomic E-state index is 0.0255.